The third-order valence-electron chi connectivity index (χ3n) is 2.60. The molecule has 1 N–H and O–H groups in total. The topological polar surface area (TPSA) is 72.0 Å². The SMILES string of the molecule is CC(c1nc(-c2ccc(F)cn2)no1)C(O)C(F)(F)F. The third-order valence-corrected chi connectivity index (χ3v) is 2.60. The van der Waals surface area contributed by atoms with Gasteiger partial charge in [0.25, 0.3) is 0 Å². The largest absolute Gasteiger partial charge is 0.415 e. The van der Waals surface area contributed by atoms with Crippen LogP contribution in [-0.4, -0.2) is 32.5 Å². The second-order valence-electron chi connectivity index (χ2n) is 4.09. The maximum atomic E-state index is 12.7. The van der Waals surface area contributed by atoms with Gasteiger partial charge in [-0.25, -0.2) is 9.37 Å². The number of aliphatic hydroxyl groups is 1. The molecule has 0 spiro atoms. The standard InChI is InChI=1S/C11H9F4N3O2/c1-5(8(19)11(13,14)15)10-17-9(18-20-10)7-3-2-6(12)4-16-7/h2-5,8,19H,1H3. The van der Waals surface area contributed by atoms with Crippen LogP contribution in [0.1, 0.15) is 18.7 Å². The Morgan fingerprint density at radius 2 is 2.00 bits per heavy atom. The average molecular weight is 291 g/mol. The van der Waals surface area contributed by atoms with Crippen LogP contribution in [0.4, 0.5) is 17.6 Å². The van der Waals surface area contributed by atoms with Crippen molar-refractivity contribution < 1.29 is 27.2 Å². The molecule has 0 fully saturated rings. The minimum atomic E-state index is -4.79. The second-order valence-corrected chi connectivity index (χ2v) is 4.09. The number of nitrogens with zero attached hydrogens (tertiary/aromatic N) is 3. The zero-order chi connectivity index (χ0) is 14.9. The molecular weight excluding hydrogens is 282 g/mol. The molecule has 0 radical (unpaired) electrons. The van der Waals surface area contributed by atoms with E-state index in [0.29, 0.717) is 0 Å². The highest BCUT2D eigenvalue weighted by Crippen LogP contribution is 2.31. The van der Waals surface area contributed by atoms with E-state index in [4.69, 9.17) is 5.11 Å². The molecule has 2 heterocycles. The summed E-state index contributed by atoms with van der Waals surface area (Å²) in [6.45, 7) is 1.10. The maximum Gasteiger partial charge on any atom is 0.415 e. The molecule has 9 heteroatoms. The molecule has 2 aromatic rings. The maximum absolute atomic E-state index is 12.7. The molecule has 0 saturated carbocycles. The van der Waals surface area contributed by atoms with Gasteiger partial charge < -0.3 is 9.63 Å². The molecule has 2 unspecified atom stereocenters. The van der Waals surface area contributed by atoms with Crippen molar-refractivity contribution in [2.24, 2.45) is 0 Å². The van der Waals surface area contributed by atoms with Gasteiger partial charge in [-0.3, -0.25) is 0 Å². The first-order valence-electron chi connectivity index (χ1n) is 5.49. The Hall–Kier alpha value is -2.03. The average Bonchev–Trinajstić information content (AvgIpc) is 2.86. The van der Waals surface area contributed by atoms with Gasteiger partial charge in [0.05, 0.1) is 12.1 Å². The molecular formula is C11H9F4N3O2. The van der Waals surface area contributed by atoms with E-state index in [1.807, 2.05) is 0 Å². The Morgan fingerprint density at radius 3 is 2.55 bits per heavy atom. The van der Waals surface area contributed by atoms with E-state index in [-0.39, 0.29) is 17.4 Å². The number of rotatable bonds is 3. The van der Waals surface area contributed by atoms with Gasteiger partial charge in [0.2, 0.25) is 11.7 Å². The Labute approximate surface area is 110 Å². The molecule has 2 rings (SSSR count). The summed E-state index contributed by atoms with van der Waals surface area (Å²) >= 11 is 0. The van der Waals surface area contributed by atoms with Crippen molar-refractivity contribution in [3.63, 3.8) is 0 Å². The number of pyridine rings is 1. The Bertz CT molecular complexity index is 582. The van der Waals surface area contributed by atoms with Crippen LogP contribution in [0.15, 0.2) is 22.9 Å². The normalized spacial score (nSPS) is 15.1. The molecule has 0 amide bonds. The molecule has 0 aliphatic rings. The van der Waals surface area contributed by atoms with Gasteiger partial charge in [-0.15, -0.1) is 0 Å². The molecule has 0 bridgehead atoms. The number of hydrogen-bond acceptors (Lipinski definition) is 5. The van der Waals surface area contributed by atoms with Crippen molar-refractivity contribution in [2.45, 2.75) is 25.1 Å². The highest BCUT2D eigenvalue weighted by atomic mass is 19.4. The lowest BCUT2D eigenvalue weighted by Gasteiger charge is -2.17. The molecule has 0 saturated heterocycles. The van der Waals surface area contributed by atoms with E-state index < -0.39 is 24.0 Å². The van der Waals surface area contributed by atoms with E-state index in [9.17, 15) is 17.6 Å². The fourth-order valence-corrected chi connectivity index (χ4v) is 1.45. The van der Waals surface area contributed by atoms with Gasteiger partial charge >= 0.3 is 6.18 Å². The van der Waals surface area contributed by atoms with Crippen molar-refractivity contribution in [1.29, 1.82) is 0 Å². The fourth-order valence-electron chi connectivity index (χ4n) is 1.45. The van der Waals surface area contributed by atoms with Gasteiger partial charge in [-0.1, -0.05) is 12.1 Å². The molecule has 108 valence electrons. The van der Waals surface area contributed by atoms with Crippen molar-refractivity contribution in [1.82, 2.24) is 15.1 Å². The Kier molecular flexibility index (Phi) is 3.71. The van der Waals surface area contributed by atoms with Crippen LogP contribution in [0, 0.1) is 5.82 Å². The summed E-state index contributed by atoms with van der Waals surface area (Å²) in [6, 6.07) is 2.36. The zero-order valence-electron chi connectivity index (χ0n) is 10.1. The van der Waals surface area contributed by atoms with Gasteiger partial charge in [-0.2, -0.15) is 18.2 Å². The van der Waals surface area contributed by atoms with E-state index >= 15 is 0 Å². The lowest BCUT2D eigenvalue weighted by molar-refractivity contribution is -0.210. The number of aliphatic hydroxyl groups excluding tert-OH is 1. The van der Waals surface area contributed by atoms with Crippen molar-refractivity contribution in [2.75, 3.05) is 0 Å². The minimum Gasteiger partial charge on any atom is -0.383 e. The van der Waals surface area contributed by atoms with E-state index in [1.165, 1.54) is 6.07 Å². The van der Waals surface area contributed by atoms with E-state index in [0.717, 1.165) is 19.2 Å². The van der Waals surface area contributed by atoms with Gasteiger partial charge in [0.1, 0.15) is 11.5 Å². The predicted octanol–water partition coefficient (Wildman–Crippen LogP) is 2.30. The van der Waals surface area contributed by atoms with Crippen LogP contribution in [0.5, 0.6) is 0 Å². The number of alkyl halides is 3. The van der Waals surface area contributed by atoms with Gasteiger partial charge in [0, 0.05) is 0 Å². The second kappa shape index (κ2) is 5.16. The molecule has 0 aromatic carbocycles. The smallest absolute Gasteiger partial charge is 0.383 e. The summed E-state index contributed by atoms with van der Waals surface area (Å²) in [6.07, 6.45) is -6.49. The van der Waals surface area contributed by atoms with Crippen molar-refractivity contribution in [3.05, 3.63) is 30.0 Å². The molecule has 0 aliphatic heterocycles. The first kappa shape index (κ1) is 14.4. The van der Waals surface area contributed by atoms with Crippen LogP contribution in [-0.2, 0) is 0 Å². The summed E-state index contributed by atoms with van der Waals surface area (Å²) < 4.78 is 54.5. The van der Waals surface area contributed by atoms with Crippen LogP contribution in [0.2, 0.25) is 0 Å². The van der Waals surface area contributed by atoms with Crippen LogP contribution < -0.4 is 0 Å². The molecule has 0 aliphatic carbocycles. The van der Waals surface area contributed by atoms with Crippen LogP contribution in [0.25, 0.3) is 11.5 Å². The molecule has 20 heavy (non-hydrogen) atoms. The summed E-state index contributed by atoms with van der Waals surface area (Å²) in [4.78, 5) is 7.39. The Balaban J connectivity index is 2.23. The highest BCUT2D eigenvalue weighted by molar-refractivity contribution is 5.47. The molecule has 5 nitrogen and oxygen atoms in total. The highest BCUT2D eigenvalue weighted by Gasteiger charge is 2.44. The van der Waals surface area contributed by atoms with E-state index in [2.05, 4.69) is 19.6 Å². The number of hydrogen-bond donors (Lipinski definition) is 1. The van der Waals surface area contributed by atoms with Crippen LogP contribution >= 0.6 is 0 Å². The van der Waals surface area contributed by atoms with Gasteiger partial charge in [-0.05, 0) is 12.1 Å². The molecule has 2 aromatic heterocycles. The zero-order valence-corrected chi connectivity index (χ0v) is 10.1. The van der Waals surface area contributed by atoms with Crippen molar-refractivity contribution in [3.8, 4) is 11.5 Å². The van der Waals surface area contributed by atoms with Crippen LogP contribution in [0.3, 0.4) is 0 Å². The fraction of sp³-hybridized carbons (Fsp3) is 0.364. The van der Waals surface area contributed by atoms with Crippen molar-refractivity contribution >= 4 is 0 Å². The quantitative estimate of drug-likeness (QED) is 0.878. The lowest BCUT2D eigenvalue weighted by Crippen LogP contribution is -2.33. The first-order valence-corrected chi connectivity index (χ1v) is 5.49. The first-order chi connectivity index (χ1) is 9.29. The van der Waals surface area contributed by atoms with Gasteiger partial charge in [0.15, 0.2) is 6.10 Å². The summed E-state index contributed by atoms with van der Waals surface area (Å²) in [7, 11) is 0. The minimum absolute atomic E-state index is 0.0822. The number of aromatic nitrogens is 3. The van der Waals surface area contributed by atoms with E-state index in [1.54, 1.807) is 0 Å². The third kappa shape index (κ3) is 2.93. The lowest BCUT2D eigenvalue weighted by atomic mass is 10.0. The Morgan fingerprint density at radius 1 is 1.30 bits per heavy atom. The monoisotopic (exact) mass is 291 g/mol. The molecule has 2 atom stereocenters. The summed E-state index contributed by atoms with van der Waals surface area (Å²) in [5, 5.41) is 12.6. The number of halogens is 4. The predicted molar refractivity (Wildman–Crippen MR) is 58.0 cm³/mol. The summed E-state index contributed by atoms with van der Waals surface area (Å²) in [5.41, 5.74) is 0.148. The summed E-state index contributed by atoms with van der Waals surface area (Å²) in [5.74, 6) is -2.45.